The summed E-state index contributed by atoms with van der Waals surface area (Å²) in [5, 5.41) is 23.6. The van der Waals surface area contributed by atoms with Crippen LogP contribution in [0.2, 0.25) is 0 Å². The van der Waals surface area contributed by atoms with Crippen LogP contribution in [0, 0.1) is 5.92 Å². The third-order valence-corrected chi connectivity index (χ3v) is 5.73. The number of hydrogen-bond donors (Lipinski definition) is 2. The molecule has 2 aliphatic rings. The van der Waals surface area contributed by atoms with E-state index in [9.17, 15) is 15.0 Å². The van der Waals surface area contributed by atoms with E-state index in [4.69, 9.17) is 14.3 Å². The number of benzene rings is 2. The molecule has 1 saturated heterocycles. The molecule has 7 nitrogen and oxygen atoms in total. The summed E-state index contributed by atoms with van der Waals surface area (Å²) in [5.74, 6) is -1.19. The summed E-state index contributed by atoms with van der Waals surface area (Å²) < 4.78 is 11.1. The van der Waals surface area contributed by atoms with E-state index in [1.807, 2.05) is 60.7 Å². The van der Waals surface area contributed by atoms with Crippen molar-refractivity contribution in [3.05, 3.63) is 71.8 Å². The summed E-state index contributed by atoms with van der Waals surface area (Å²) in [7, 11) is 0. The van der Waals surface area contributed by atoms with E-state index >= 15 is 0 Å². The van der Waals surface area contributed by atoms with Crippen molar-refractivity contribution in [3.63, 3.8) is 0 Å². The number of hydroxylamine groups is 2. The highest BCUT2D eigenvalue weighted by Gasteiger charge is 2.62. The molecule has 1 heterocycles. The van der Waals surface area contributed by atoms with Crippen molar-refractivity contribution in [2.45, 2.75) is 50.5 Å². The standard InChI is InChI=1S/C23H27NO6/c1-2-28-23(27)21-17-18(24(30-21)13-15-9-5-3-6-10-15)20(26)22(19(17)25)29-14-16-11-7-4-8-12-16/h3-12,17-22,25-26H,2,13-14H2,1H3/t17-,18+,19+,20-,21+,22-/m0/s1. The van der Waals surface area contributed by atoms with Crippen molar-refractivity contribution >= 4 is 5.97 Å². The second kappa shape index (κ2) is 9.24. The van der Waals surface area contributed by atoms with Crippen molar-refractivity contribution in [1.82, 2.24) is 5.06 Å². The van der Waals surface area contributed by atoms with Crippen molar-refractivity contribution in [2.24, 2.45) is 5.92 Å². The number of nitrogens with zero attached hydrogens (tertiary/aromatic N) is 1. The van der Waals surface area contributed by atoms with Crippen LogP contribution in [0.25, 0.3) is 0 Å². The van der Waals surface area contributed by atoms with Gasteiger partial charge in [0.2, 0.25) is 0 Å². The summed E-state index contributed by atoms with van der Waals surface area (Å²) in [5.41, 5.74) is 1.91. The summed E-state index contributed by atoms with van der Waals surface area (Å²) >= 11 is 0. The number of carbonyl (C=O) groups is 1. The van der Waals surface area contributed by atoms with Crippen LogP contribution in [0.1, 0.15) is 18.1 Å². The van der Waals surface area contributed by atoms with Crippen LogP contribution in [0.3, 0.4) is 0 Å². The summed E-state index contributed by atoms with van der Waals surface area (Å²) in [6, 6.07) is 18.6. The van der Waals surface area contributed by atoms with Gasteiger partial charge in [-0.05, 0) is 18.1 Å². The molecule has 1 aliphatic carbocycles. The molecule has 0 amide bonds. The van der Waals surface area contributed by atoms with E-state index in [0.29, 0.717) is 6.54 Å². The second-order valence-electron chi connectivity index (χ2n) is 7.65. The Labute approximate surface area is 175 Å². The van der Waals surface area contributed by atoms with Gasteiger partial charge in [-0.15, -0.1) is 0 Å². The van der Waals surface area contributed by atoms with Gasteiger partial charge in [0.05, 0.1) is 25.4 Å². The molecule has 1 saturated carbocycles. The smallest absolute Gasteiger partial charge is 0.337 e. The van der Waals surface area contributed by atoms with Crippen LogP contribution in [-0.2, 0) is 32.3 Å². The highest BCUT2D eigenvalue weighted by Crippen LogP contribution is 2.43. The first-order valence-corrected chi connectivity index (χ1v) is 10.3. The number of aliphatic hydroxyl groups is 2. The molecule has 1 aliphatic heterocycles. The molecule has 7 heteroatoms. The zero-order chi connectivity index (χ0) is 21.1. The molecule has 0 unspecified atom stereocenters. The molecule has 2 fully saturated rings. The SMILES string of the molecule is CCOC(=O)[C@@H]1ON(Cc2ccccc2)[C@H]2[C@H](O)[C@@H](OCc3ccccc3)[C@H](O)[C@H]21. The number of carbonyl (C=O) groups excluding carboxylic acids is 1. The monoisotopic (exact) mass is 413 g/mol. The lowest BCUT2D eigenvalue weighted by molar-refractivity contribution is -0.212. The van der Waals surface area contributed by atoms with Gasteiger partial charge in [0.25, 0.3) is 0 Å². The van der Waals surface area contributed by atoms with Gasteiger partial charge in [-0.3, -0.25) is 4.84 Å². The van der Waals surface area contributed by atoms with E-state index < -0.39 is 42.3 Å². The molecule has 2 N–H and O–H groups in total. The van der Waals surface area contributed by atoms with Crippen LogP contribution in [-0.4, -0.2) is 58.3 Å². The Balaban J connectivity index is 1.54. The molecule has 0 spiro atoms. The van der Waals surface area contributed by atoms with Crippen LogP contribution in [0.5, 0.6) is 0 Å². The summed E-state index contributed by atoms with van der Waals surface area (Å²) in [6.07, 6.45) is -3.91. The maximum Gasteiger partial charge on any atom is 0.337 e. The number of fused-ring (bicyclic) bond motifs is 1. The van der Waals surface area contributed by atoms with Gasteiger partial charge in [-0.1, -0.05) is 60.7 Å². The summed E-state index contributed by atoms with van der Waals surface area (Å²) in [4.78, 5) is 18.4. The predicted molar refractivity (Wildman–Crippen MR) is 108 cm³/mol. The lowest BCUT2D eigenvalue weighted by Crippen LogP contribution is -2.42. The molecular formula is C23H27NO6. The number of ether oxygens (including phenoxy) is 2. The van der Waals surface area contributed by atoms with Gasteiger partial charge in [0.15, 0.2) is 6.10 Å². The average Bonchev–Trinajstić information content (AvgIpc) is 3.25. The first kappa shape index (κ1) is 21.0. The van der Waals surface area contributed by atoms with Crippen molar-refractivity contribution in [3.8, 4) is 0 Å². The Kier molecular flexibility index (Phi) is 6.46. The molecule has 0 radical (unpaired) electrons. The van der Waals surface area contributed by atoms with Crippen LogP contribution in [0.15, 0.2) is 60.7 Å². The van der Waals surface area contributed by atoms with Gasteiger partial charge in [-0.25, -0.2) is 4.79 Å². The minimum absolute atomic E-state index is 0.210. The van der Waals surface area contributed by atoms with Gasteiger partial charge >= 0.3 is 5.97 Å². The topological polar surface area (TPSA) is 88.5 Å². The van der Waals surface area contributed by atoms with Gasteiger partial charge in [0, 0.05) is 12.5 Å². The molecule has 30 heavy (non-hydrogen) atoms. The minimum atomic E-state index is -1.07. The average molecular weight is 413 g/mol. The first-order valence-electron chi connectivity index (χ1n) is 10.3. The quantitative estimate of drug-likeness (QED) is 0.668. The van der Waals surface area contributed by atoms with Gasteiger partial charge in [0.1, 0.15) is 12.2 Å². The molecule has 2 aromatic carbocycles. The fourth-order valence-electron chi connectivity index (χ4n) is 4.35. The highest BCUT2D eigenvalue weighted by atomic mass is 16.7. The predicted octanol–water partition coefficient (Wildman–Crippen LogP) is 1.67. The van der Waals surface area contributed by atoms with Crippen LogP contribution < -0.4 is 0 Å². The van der Waals surface area contributed by atoms with Crippen molar-refractivity contribution in [1.29, 1.82) is 0 Å². The Morgan fingerprint density at radius 1 is 1.00 bits per heavy atom. The zero-order valence-electron chi connectivity index (χ0n) is 16.8. The van der Waals surface area contributed by atoms with Crippen molar-refractivity contribution < 1.29 is 29.3 Å². The molecule has 6 atom stereocenters. The zero-order valence-corrected chi connectivity index (χ0v) is 16.8. The third-order valence-electron chi connectivity index (χ3n) is 5.73. The lowest BCUT2D eigenvalue weighted by Gasteiger charge is -2.27. The third kappa shape index (κ3) is 4.12. The maximum atomic E-state index is 12.5. The Bertz CT molecular complexity index is 832. The number of esters is 1. The molecule has 160 valence electrons. The van der Waals surface area contributed by atoms with E-state index in [0.717, 1.165) is 11.1 Å². The van der Waals surface area contributed by atoms with Crippen LogP contribution >= 0.6 is 0 Å². The van der Waals surface area contributed by atoms with E-state index in [-0.39, 0.29) is 13.2 Å². The first-order chi connectivity index (χ1) is 14.6. The van der Waals surface area contributed by atoms with Crippen LogP contribution in [0.4, 0.5) is 0 Å². The normalized spacial score (nSPS) is 30.9. The van der Waals surface area contributed by atoms with E-state index in [2.05, 4.69) is 0 Å². The fraction of sp³-hybridized carbons (Fsp3) is 0.435. The summed E-state index contributed by atoms with van der Waals surface area (Å²) in [6.45, 7) is 2.55. The molecule has 0 aromatic heterocycles. The number of rotatable bonds is 7. The Hall–Kier alpha value is -2.29. The van der Waals surface area contributed by atoms with Gasteiger partial charge in [-0.2, -0.15) is 5.06 Å². The van der Waals surface area contributed by atoms with Gasteiger partial charge < -0.3 is 19.7 Å². The number of hydrogen-bond acceptors (Lipinski definition) is 7. The highest BCUT2D eigenvalue weighted by molar-refractivity contribution is 5.75. The molecule has 4 rings (SSSR count). The maximum absolute atomic E-state index is 12.5. The fourth-order valence-corrected chi connectivity index (χ4v) is 4.35. The molecule has 2 aromatic rings. The van der Waals surface area contributed by atoms with Crippen molar-refractivity contribution in [2.75, 3.05) is 6.61 Å². The Morgan fingerprint density at radius 2 is 1.63 bits per heavy atom. The second-order valence-corrected chi connectivity index (χ2v) is 7.65. The molecular weight excluding hydrogens is 386 g/mol. The number of aliphatic hydroxyl groups excluding tert-OH is 2. The molecule has 0 bridgehead atoms. The lowest BCUT2D eigenvalue weighted by atomic mass is 9.95. The largest absolute Gasteiger partial charge is 0.464 e. The van der Waals surface area contributed by atoms with E-state index in [1.165, 1.54) is 0 Å². The van der Waals surface area contributed by atoms with E-state index in [1.54, 1.807) is 12.0 Å². The Morgan fingerprint density at radius 3 is 2.27 bits per heavy atom. The minimum Gasteiger partial charge on any atom is -0.464 e.